The van der Waals surface area contributed by atoms with Gasteiger partial charge in [-0.1, -0.05) is 18.1 Å². The number of aromatic nitrogens is 2. The van der Waals surface area contributed by atoms with Crippen LogP contribution in [0.3, 0.4) is 0 Å². The third kappa shape index (κ3) is 1.93. The van der Waals surface area contributed by atoms with E-state index in [1.165, 1.54) is 0 Å². The molecule has 0 bridgehead atoms. The van der Waals surface area contributed by atoms with Crippen LogP contribution in [0.5, 0.6) is 0 Å². The van der Waals surface area contributed by atoms with Crippen molar-refractivity contribution in [2.24, 2.45) is 5.73 Å². The summed E-state index contributed by atoms with van der Waals surface area (Å²) in [6.45, 7) is 3.88. The van der Waals surface area contributed by atoms with Crippen molar-refractivity contribution in [2.45, 2.75) is 25.8 Å². The highest BCUT2D eigenvalue weighted by Gasteiger charge is 2.26. The van der Waals surface area contributed by atoms with Crippen molar-refractivity contribution in [3.05, 3.63) is 23.4 Å². The van der Waals surface area contributed by atoms with E-state index in [0.717, 1.165) is 11.3 Å². The highest BCUT2D eigenvalue weighted by Crippen LogP contribution is 2.25. The number of rotatable bonds is 3. The zero-order valence-electron chi connectivity index (χ0n) is 8.73. The molecule has 0 saturated heterocycles. The Morgan fingerprint density at radius 3 is 3.00 bits per heavy atom. The lowest BCUT2D eigenvalue weighted by atomic mass is 10.0. The van der Waals surface area contributed by atoms with E-state index in [0.29, 0.717) is 11.7 Å². The Bertz CT molecular complexity index is 433. The van der Waals surface area contributed by atoms with Crippen molar-refractivity contribution in [3.8, 4) is 10.7 Å². The molecule has 4 nitrogen and oxygen atoms in total. The molecule has 1 atom stereocenters. The third-order valence-corrected chi connectivity index (χ3v) is 3.26. The molecule has 0 saturated carbocycles. The number of nitrogens with two attached hydrogens (primary N) is 1. The minimum absolute atomic E-state index is 0.494. The molecule has 0 aliphatic carbocycles. The molecule has 0 aromatic carbocycles. The van der Waals surface area contributed by atoms with Crippen LogP contribution in [0, 0.1) is 0 Å². The van der Waals surface area contributed by atoms with Crippen LogP contribution >= 0.6 is 11.3 Å². The van der Waals surface area contributed by atoms with Gasteiger partial charge in [0, 0.05) is 0 Å². The fraction of sp³-hybridized carbons (Fsp3) is 0.400. The molecule has 2 N–H and O–H groups in total. The zero-order valence-corrected chi connectivity index (χ0v) is 9.54. The first-order valence-corrected chi connectivity index (χ1v) is 5.68. The Balaban J connectivity index is 2.33. The second kappa shape index (κ2) is 3.75. The average molecular weight is 223 g/mol. The molecule has 80 valence electrons. The summed E-state index contributed by atoms with van der Waals surface area (Å²) in [5.74, 6) is 1.11. The van der Waals surface area contributed by atoms with Crippen LogP contribution in [0.4, 0.5) is 0 Å². The molecule has 2 heterocycles. The van der Waals surface area contributed by atoms with Crippen molar-refractivity contribution in [2.75, 3.05) is 0 Å². The Kier molecular flexibility index (Phi) is 2.58. The molecule has 0 aliphatic heterocycles. The summed E-state index contributed by atoms with van der Waals surface area (Å²) in [5, 5.41) is 5.90. The highest BCUT2D eigenvalue weighted by atomic mass is 32.1. The van der Waals surface area contributed by atoms with Crippen LogP contribution in [-0.4, -0.2) is 10.1 Å². The first kappa shape index (κ1) is 10.3. The molecular weight excluding hydrogens is 210 g/mol. The van der Waals surface area contributed by atoms with Gasteiger partial charge in [0.1, 0.15) is 0 Å². The minimum atomic E-state index is -0.539. The van der Waals surface area contributed by atoms with Crippen molar-refractivity contribution in [3.63, 3.8) is 0 Å². The SMILES string of the molecule is CCC(C)(N)c1nc(-c2cccs2)no1. The highest BCUT2D eigenvalue weighted by molar-refractivity contribution is 7.13. The Morgan fingerprint density at radius 2 is 2.40 bits per heavy atom. The molecule has 0 spiro atoms. The molecule has 1 unspecified atom stereocenters. The summed E-state index contributed by atoms with van der Waals surface area (Å²) < 4.78 is 5.16. The fourth-order valence-corrected chi connectivity index (χ4v) is 1.76. The topological polar surface area (TPSA) is 64.9 Å². The second-order valence-electron chi connectivity index (χ2n) is 3.67. The third-order valence-electron chi connectivity index (χ3n) is 2.39. The summed E-state index contributed by atoms with van der Waals surface area (Å²) >= 11 is 1.58. The van der Waals surface area contributed by atoms with Gasteiger partial charge in [-0.3, -0.25) is 0 Å². The zero-order chi connectivity index (χ0) is 10.9. The van der Waals surface area contributed by atoms with Crippen molar-refractivity contribution in [1.82, 2.24) is 10.1 Å². The quantitative estimate of drug-likeness (QED) is 0.867. The lowest BCUT2D eigenvalue weighted by Crippen LogP contribution is -2.32. The molecule has 5 heteroatoms. The monoisotopic (exact) mass is 223 g/mol. The van der Waals surface area contributed by atoms with Crippen molar-refractivity contribution < 1.29 is 4.52 Å². The van der Waals surface area contributed by atoms with E-state index in [1.54, 1.807) is 11.3 Å². The van der Waals surface area contributed by atoms with E-state index in [2.05, 4.69) is 10.1 Å². The van der Waals surface area contributed by atoms with Crippen LogP contribution in [0.25, 0.3) is 10.7 Å². The number of hydrogen-bond acceptors (Lipinski definition) is 5. The Hall–Kier alpha value is -1.20. The fourth-order valence-electron chi connectivity index (χ4n) is 1.11. The molecule has 0 amide bonds. The van der Waals surface area contributed by atoms with E-state index in [4.69, 9.17) is 10.3 Å². The predicted molar refractivity (Wildman–Crippen MR) is 59.4 cm³/mol. The van der Waals surface area contributed by atoms with E-state index >= 15 is 0 Å². The molecule has 0 fully saturated rings. The molecule has 2 aromatic heterocycles. The molecular formula is C10H13N3OS. The largest absolute Gasteiger partial charge is 0.337 e. The maximum atomic E-state index is 6.01. The van der Waals surface area contributed by atoms with Gasteiger partial charge in [0.05, 0.1) is 10.4 Å². The number of thiophene rings is 1. The van der Waals surface area contributed by atoms with Gasteiger partial charge in [0.25, 0.3) is 0 Å². The van der Waals surface area contributed by atoms with E-state index in [-0.39, 0.29) is 0 Å². The molecule has 0 radical (unpaired) electrons. The van der Waals surface area contributed by atoms with Crippen LogP contribution in [0.2, 0.25) is 0 Å². The van der Waals surface area contributed by atoms with Gasteiger partial charge >= 0.3 is 0 Å². The summed E-state index contributed by atoms with van der Waals surface area (Å²) in [6.07, 6.45) is 0.763. The molecule has 15 heavy (non-hydrogen) atoms. The summed E-state index contributed by atoms with van der Waals surface area (Å²) in [5.41, 5.74) is 5.47. The van der Waals surface area contributed by atoms with Crippen LogP contribution in [-0.2, 0) is 5.54 Å². The first-order chi connectivity index (χ1) is 7.13. The normalized spacial score (nSPS) is 15.1. The Labute approximate surface area is 92.1 Å². The standard InChI is InChI=1S/C10H13N3OS/c1-3-10(2,11)9-12-8(13-14-9)7-5-4-6-15-7/h4-6H,3,11H2,1-2H3. The maximum Gasteiger partial charge on any atom is 0.246 e. The average Bonchev–Trinajstić information content (AvgIpc) is 2.88. The van der Waals surface area contributed by atoms with E-state index in [9.17, 15) is 0 Å². The van der Waals surface area contributed by atoms with Crippen LogP contribution in [0.15, 0.2) is 22.0 Å². The van der Waals surface area contributed by atoms with Crippen LogP contribution < -0.4 is 5.73 Å². The van der Waals surface area contributed by atoms with Gasteiger partial charge in [-0.25, -0.2) is 0 Å². The van der Waals surface area contributed by atoms with Crippen LogP contribution in [0.1, 0.15) is 26.2 Å². The predicted octanol–water partition coefficient (Wildman–Crippen LogP) is 2.38. The lowest BCUT2D eigenvalue weighted by Gasteiger charge is -2.16. The van der Waals surface area contributed by atoms with Gasteiger partial charge in [-0.2, -0.15) is 4.98 Å². The summed E-state index contributed by atoms with van der Waals surface area (Å²) in [7, 11) is 0. The van der Waals surface area contributed by atoms with Gasteiger partial charge < -0.3 is 10.3 Å². The van der Waals surface area contributed by atoms with Crippen molar-refractivity contribution in [1.29, 1.82) is 0 Å². The molecule has 2 aromatic rings. The van der Waals surface area contributed by atoms with Gasteiger partial charge in [0.2, 0.25) is 11.7 Å². The molecule has 2 rings (SSSR count). The maximum absolute atomic E-state index is 6.01. The summed E-state index contributed by atoms with van der Waals surface area (Å²) in [4.78, 5) is 5.30. The smallest absolute Gasteiger partial charge is 0.246 e. The molecule has 0 aliphatic rings. The number of hydrogen-bond donors (Lipinski definition) is 1. The van der Waals surface area contributed by atoms with E-state index < -0.39 is 5.54 Å². The minimum Gasteiger partial charge on any atom is -0.337 e. The van der Waals surface area contributed by atoms with Gasteiger partial charge in [0.15, 0.2) is 0 Å². The first-order valence-electron chi connectivity index (χ1n) is 4.80. The number of nitrogens with zero attached hydrogens (tertiary/aromatic N) is 2. The summed E-state index contributed by atoms with van der Waals surface area (Å²) in [6, 6.07) is 3.91. The second-order valence-corrected chi connectivity index (χ2v) is 4.62. The van der Waals surface area contributed by atoms with E-state index in [1.807, 2.05) is 31.4 Å². The Morgan fingerprint density at radius 1 is 1.60 bits per heavy atom. The van der Waals surface area contributed by atoms with Gasteiger partial charge in [-0.15, -0.1) is 11.3 Å². The lowest BCUT2D eigenvalue weighted by molar-refractivity contribution is 0.291. The van der Waals surface area contributed by atoms with Crippen molar-refractivity contribution >= 4 is 11.3 Å². The van der Waals surface area contributed by atoms with Gasteiger partial charge in [-0.05, 0) is 24.8 Å².